The van der Waals surface area contributed by atoms with Gasteiger partial charge in [0.2, 0.25) is 41.4 Å². The maximum atomic E-state index is 13.5. The zero-order valence-electron chi connectivity index (χ0n) is 35.1. The van der Waals surface area contributed by atoms with Crippen LogP contribution in [0.3, 0.4) is 0 Å². The number of hydrogen-bond acceptors (Lipinski definition) is 12. The highest BCUT2D eigenvalue weighted by atomic mass is 16.3. The molecule has 15 N–H and O–H groups in total. The van der Waals surface area contributed by atoms with E-state index in [2.05, 4.69) is 36.9 Å². The minimum absolute atomic E-state index is 0.0353. The van der Waals surface area contributed by atoms with Crippen molar-refractivity contribution in [3.8, 4) is 5.75 Å². The van der Waals surface area contributed by atoms with Crippen LogP contribution in [0.5, 0.6) is 5.75 Å². The van der Waals surface area contributed by atoms with Gasteiger partial charge in [0.15, 0.2) is 5.96 Å². The number of phenols is 1. The van der Waals surface area contributed by atoms with Gasteiger partial charge in [-0.3, -0.25) is 38.6 Å². The van der Waals surface area contributed by atoms with E-state index in [4.69, 9.17) is 22.9 Å². The number of guanidine groups is 1. The van der Waals surface area contributed by atoms with Crippen molar-refractivity contribution in [2.24, 2.45) is 27.9 Å². The Labute approximate surface area is 360 Å². The zero-order valence-corrected chi connectivity index (χ0v) is 35.1. The number of aliphatic imine (C=N–C) groups is 1. The number of benzene rings is 2. The van der Waals surface area contributed by atoms with Gasteiger partial charge in [0.25, 0.3) is 0 Å². The molecule has 340 valence electrons. The van der Waals surface area contributed by atoms with Crippen molar-refractivity contribution >= 4 is 53.6 Å². The Morgan fingerprint density at radius 3 is 1.82 bits per heavy atom. The number of nitrogens with two attached hydrogens (primary N) is 4. The molecule has 2 rings (SSSR count). The minimum Gasteiger partial charge on any atom is -0.508 e. The lowest BCUT2D eigenvalue weighted by Crippen LogP contribution is -2.55. The Bertz CT molecular complexity index is 1790. The molecule has 21 heteroatoms. The van der Waals surface area contributed by atoms with Crippen LogP contribution >= 0.6 is 0 Å². The van der Waals surface area contributed by atoms with Gasteiger partial charge in [-0.15, -0.1) is 0 Å². The number of carbonyl (C=O) groups excluding carboxylic acids is 8. The highest BCUT2D eigenvalue weighted by Gasteiger charge is 2.28. The van der Waals surface area contributed by atoms with Gasteiger partial charge in [-0.1, -0.05) is 55.8 Å². The van der Waals surface area contributed by atoms with Gasteiger partial charge in [0.1, 0.15) is 30.2 Å². The molecule has 0 radical (unpaired) electrons. The van der Waals surface area contributed by atoms with Crippen LogP contribution in [-0.4, -0.2) is 134 Å². The van der Waals surface area contributed by atoms with Crippen molar-refractivity contribution in [1.29, 1.82) is 0 Å². The second-order valence-corrected chi connectivity index (χ2v) is 14.4. The predicted octanol–water partition coefficient (Wildman–Crippen LogP) is -3.07. The fraction of sp³-hybridized carbons (Fsp3) is 0.488. The molecule has 0 aliphatic rings. The van der Waals surface area contributed by atoms with Crippen molar-refractivity contribution < 1.29 is 43.5 Å². The van der Waals surface area contributed by atoms with Gasteiger partial charge in [0.05, 0.1) is 32.2 Å². The van der Waals surface area contributed by atoms with Crippen LogP contribution in [0.4, 0.5) is 0 Å². The topological polar surface area (TPSA) is 349 Å². The molecule has 0 bridgehead atoms. The van der Waals surface area contributed by atoms with Crippen molar-refractivity contribution in [3.63, 3.8) is 0 Å². The van der Waals surface area contributed by atoms with E-state index >= 15 is 0 Å². The molecule has 0 spiro atoms. The third-order valence-corrected chi connectivity index (χ3v) is 9.19. The Morgan fingerprint density at radius 2 is 1.27 bits per heavy atom. The number of phenolic OH excluding ortho intramolecular Hbond substituents is 1. The van der Waals surface area contributed by atoms with E-state index < -0.39 is 78.6 Å². The molecule has 0 aromatic heterocycles. The fourth-order valence-corrected chi connectivity index (χ4v) is 6.06. The largest absolute Gasteiger partial charge is 0.508 e. The predicted molar refractivity (Wildman–Crippen MR) is 231 cm³/mol. The molecule has 7 amide bonds. The molecule has 0 heterocycles. The maximum absolute atomic E-state index is 13.5. The average Bonchev–Trinajstić information content (AvgIpc) is 3.25. The van der Waals surface area contributed by atoms with E-state index in [9.17, 15) is 43.5 Å². The van der Waals surface area contributed by atoms with E-state index in [1.54, 1.807) is 30.3 Å². The Balaban J connectivity index is 2.15. The van der Waals surface area contributed by atoms with Gasteiger partial charge in [-0.25, -0.2) is 0 Å². The molecule has 0 unspecified atom stereocenters. The first-order valence-electron chi connectivity index (χ1n) is 20.4. The third kappa shape index (κ3) is 20.6. The summed E-state index contributed by atoms with van der Waals surface area (Å²) in [5.74, 6) is -4.94. The summed E-state index contributed by atoms with van der Waals surface area (Å²) in [6.07, 6.45) is 3.08. The molecular weight excluding hydrogens is 805 g/mol. The molecule has 62 heavy (non-hydrogen) atoms. The summed E-state index contributed by atoms with van der Waals surface area (Å²) in [5.41, 5.74) is 23.8. The van der Waals surface area contributed by atoms with Crippen LogP contribution in [0.1, 0.15) is 56.6 Å². The summed E-state index contributed by atoms with van der Waals surface area (Å²) >= 11 is 0. The van der Waals surface area contributed by atoms with Gasteiger partial charge in [-0.05, 0) is 61.9 Å². The molecule has 2 aromatic rings. The van der Waals surface area contributed by atoms with E-state index in [0.29, 0.717) is 44.1 Å². The molecule has 0 saturated heterocycles. The highest BCUT2D eigenvalue weighted by molar-refractivity contribution is 5.95. The second-order valence-electron chi connectivity index (χ2n) is 14.4. The van der Waals surface area contributed by atoms with Gasteiger partial charge in [0, 0.05) is 25.9 Å². The van der Waals surface area contributed by atoms with Gasteiger partial charge < -0.3 is 69.6 Å². The SMILES string of the molecule is CCCN(CC(=O)N[C@@H](CCCN=C(N)N)C(=O)NCC(=O)N[C@@H](Cc1ccc(O)cc1)C(=O)NCC(=O)N[C@@H](Cc1ccccc1)C(=O)NCC=O)C(=O)[C@@H](N)CCCCN. The lowest BCUT2D eigenvalue weighted by atomic mass is 10.0. The minimum atomic E-state index is -1.29. The van der Waals surface area contributed by atoms with Crippen molar-refractivity contribution in [2.45, 2.75) is 82.5 Å². The molecular formula is C41H62N12O9. The van der Waals surface area contributed by atoms with Crippen LogP contribution in [0.2, 0.25) is 0 Å². The van der Waals surface area contributed by atoms with E-state index in [1.807, 2.05) is 6.92 Å². The standard InChI is InChI=1S/C41H62N12O9/c1-2-20-53(40(62)30(43)11-6-7-17-42)26-36(58)50-31(12-8-18-47-41(44)45)37(59)48-24-34(56)52-33(23-28-13-15-29(55)16-14-28)39(61)49-25-35(57)51-32(38(60)46-19-21-54)22-27-9-4-3-5-10-27/h3-5,9-10,13-16,21,30-33,55H,2,6-8,11-12,17-20,22-26,42-43H2,1H3,(H,46,60)(H,48,59)(H,49,61)(H,50,58)(H,51,57)(H,52,56)(H4,44,45,47)/t30-,31-,32-,33-/m0/s1. The molecule has 2 aromatic carbocycles. The normalized spacial score (nSPS) is 12.6. The molecule has 0 aliphatic heterocycles. The fourth-order valence-electron chi connectivity index (χ4n) is 6.06. The smallest absolute Gasteiger partial charge is 0.243 e. The molecule has 0 aliphatic carbocycles. The first-order chi connectivity index (χ1) is 29.7. The zero-order chi connectivity index (χ0) is 45.9. The average molecular weight is 867 g/mol. The monoisotopic (exact) mass is 866 g/mol. The van der Waals surface area contributed by atoms with Crippen molar-refractivity contribution in [1.82, 2.24) is 36.8 Å². The van der Waals surface area contributed by atoms with Crippen LogP contribution in [0, 0.1) is 0 Å². The van der Waals surface area contributed by atoms with Gasteiger partial charge >= 0.3 is 0 Å². The highest BCUT2D eigenvalue weighted by Crippen LogP contribution is 2.12. The van der Waals surface area contributed by atoms with Crippen LogP contribution in [0.15, 0.2) is 59.6 Å². The third-order valence-electron chi connectivity index (χ3n) is 9.19. The van der Waals surface area contributed by atoms with E-state index in [1.165, 1.54) is 29.2 Å². The number of amides is 7. The number of nitrogens with one attached hydrogen (secondary N) is 6. The molecule has 21 nitrogen and oxygen atoms in total. The summed E-state index contributed by atoms with van der Waals surface area (Å²) < 4.78 is 0. The van der Waals surface area contributed by atoms with Crippen LogP contribution in [0.25, 0.3) is 0 Å². The quantitative estimate of drug-likeness (QED) is 0.0168. The molecule has 4 atom stereocenters. The number of rotatable bonds is 29. The number of aromatic hydroxyl groups is 1. The summed E-state index contributed by atoms with van der Waals surface area (Å²) in [6, 6.07) is 10.3. The number of aldehydes is 1. The number of hydrogen-bond donors (Lipinski definition) is 11. The first-order valence-corrected chi connectivity index (χ1v) is 20.4. The Hall–Kier alpha value is -6.61. The first kappa shape index (κ1) is 51.5. The van der Waals surface area contributed by atoms with Crippen LogP contribution < -0.4 is 54.8 Å². The van der Waals surface area contributed by atoms with Crippen molar-refractivity contribution in [2.75, 3.05) is 45.8 Å². The summed E-state index contributed by atoms with van der Waals surface area (Å²) in [5, 5.41) is 24.8. The molecule has 0 fully saturated rings. The number of carbonyl (C=O) groups is 8. The van der Waals surface area contributed by atoms with Gasteiger partial charge in [-0.2, -0.15) is 0 Å². The summed E-state index contributed by atoms with van der Waals surface area (Å²) in [7, 11) is 0. The van der Waals surface area contributed by atoms with Crippen molar-refractivity contribution in [3.05, 3.63) is 65.7 Å². The molecule has 0 saturated carbocycles. The summed E-state index contributed by atoms with van der Waals surface area (Å²) in [4.78, 5) is 108. The Morgan fingerprint density at radius 1 is 0.726 bits per heavy atom. The lowest BCUT2D eigenvalue weighted by Gasteiger charge is -2.26. The second kappa shape index (κ2) is 28.8. The lowest BCUT2D eigenvalue weighted by molar-refractivity contribution is -0.138. The van der Waals surface area contributed by atoms with E-state index in [-0.39, 0.29) is 63.6 Å². The maximum Gasteiger partial charge on any atom is 0.243 e. The van der Waals surface area contributed by atoms with Crippen LogP contribution in [-0.2, 0) is 51.2 Å². The number of nitrogens with zero attached hydrogens (tertiary/aromatic N) is 2. The van der Waals surface area contributed by atoms with E-state index in [0.717, 1.165) is 5.56 Å². The summed E-state index contributed by atoms with van der Waals surface area (Å²) in [6.45, 7) is 0.811. The number of unbranched alkanes of at least 4 members (excludes halogenated alkanes) is 1. The Kier molecular flexibility index (Phi) is 23.9.